The third-order valence-electron chi connectivity index (χ3n) is 4.83. The standard InChI is InChI=1S/C16H20BrIO/c17-14-11-15(16(14)9-5-1-2-6-10-16)19-13-8-4-3-7-12(13)18/h3-4,7-8,14-15H,1-2,5-6,9-11H2. The van der Waals surface area contributed by atoms with Crippen molar-refractivity contribution in [2.75, 3.05) is 0 Å². The Bertz CT molecular complexity index is 440. The van der Waals surface area contributed by atoms with Crippen LogP contribution in [0.3, 0.4) is 0 Å². The van der Waals surface area contributed by atoms with Gasteiger partial charge in [0, 0.05) is 10.2 Å². The lowest BCUT2D eigenvalue weighted by Crippen LogP contribution is -2.56. The van der Waals surface area contributed by atoms with Gasteiger partial charge in [-0.25, -0.2) is 0 Å². The molecule has 0 heterocycles. The lowest BCUT2D eigenvalue weighted by atomic mass is 9.61. The second-order valence-electron chi connectivity index (χ2n) is 5.89. The van der Waals surface area contributed by atoms with Crippen LogP contribution in [0.25, 0.3) is 0 Å². The Morgan fingerprint density at radius 1 is 1.11 bits per heavy atom. The van der Waals surface area contributed by atoms with Crippen LogP contribution in [0.2, 0.25) is 0 Å². The van der Waals surface area contributed by atoms with Crippen molar-refractivity contribution in [1.29, 1.82) is 0 Å². The number of alkyl halides is 1. The number of halogens is 2. The van der Waals surface area contributed by atoms with E-state index in [1.165, 1.54) is 42.1 Å². The molecule has 2 fully saturated rings. The summed E-state index contributed by atoms with van der Waals surface area (Å²) in [6.07, 6.45) is 9.76. The van der Waals surface area contributed by atoms with E-state index >= 15 is 0 Å². The Morgan fingerprint density at radius 2 is 1.79 bits per heavy atom. The molecule has 0 radical (unpaired) electrons. The Kier molecular flexibility index (Phi) is 4.42. The van der Waals surface area contributed by atoms with Gasteiger partial charge in [0.25, 0.3) is 0 Å². The predicted octanol–water partition coefficient (Wildman–Crippen LogP) is 5.55. The van der Waals surface area contributed by atoms with E-state index in [1.807, 2.05) is 0 Å². The molecule has 1 aromatic carbocycles. The van der Waals surface area contributed by atoms with Crippen LogP contribution in [0, 0.1) is 8.99 Å². The normalized spacial score (nSPS) is 29.6. The maximum atomic E-state index is 6.36. The predicted molar refractivity (Wildman–Crippen MR) is 91.0 cm³/mol. The maximum Gasteiger partial charge on any atom is 0.133 e. The average Bonchev–Trinajstić information content (AvgIpc) is 2.68. The first kappa shape index (κ1) is 14.2. The van der Waals surface area contributed by atoms with E-state index in [4.69, 9.17) is 4.74 Å². The molecular formula is C16H20BrIO. The fraction of sp³-hybridized carbons (Fsp3) is 0.625. The topological polar surface area (TPSA) is 9.23 Å². The molecule has 104 valence electrons. The smallest absolute Gasteiger partial charge is 0.133 e. The molecule has 2 atom stereocenters. The van der Waals surface area contributed by atoms with Crippen molar-refractivity contribution < 1.29 is 4.74 Å². The molecule has 3 heteroatoms. The molecule has 1 nitrogen and oxygen atoms in total. The summed E-state index contributed by atoms with van der Waals surface area (Å²) in [6.45, 7) is 0. The Labute approximate surface area is 137 Å². The van der Waals surface area contributed by atoms with Crippen LogP contribution in [0.5, 0.6) is 5.75 Å². The zero-order chi connectivity index (χ0) is 13.3. The highest BCUT2D eigenvalue weighted by Crippen LogP contribution is 2.55. The number of benzene rings is 1. The summed E-state index contributed by atoms with van der Waals surface area (Å²) in [5, 5.41) is 0. The van der Waals surface area contributed by atoms with Gasteiger partial charge in [-0.2, -0.15) is 0 Å². The van der Waals surface area contributed by atoms with E-state index in [0.29, 0.717) is 16.3 Å². The Hall–Kier alpha value is 0.230. The van der Waals surface area contributed by atoms with Gasteiger partial charge in [-0.1, -0.05) is 53.7 Å². The van der Waals surface area contributed by atoms with Crippen molar-refractivity contribution >= 4 is 38.5 Å². The molecule has 0 saturated heterocycles. The molecule has 1 aromatic rings. The first-order valence-corrected chi connectivity index (χ1v) is 9.27. The lowest BCUT2D eigenvalue weighted by molar-refractivity contribution is -0.0466. The highest BCUT2D eigenvalue weighted by atomic mass is 127. The summed E-state index contributed by atoms with van der Waals surface area (Å²) in [5.41, 5.74) is 0.398. The van der Waals surface area contributed by atoms with E-state index in [2.05, 4.69) is 62.8 Å². The van der Waals surface area contributed by atoms with Crippen LogP contribution < -0.4 is 4.74 Å². The van der Waals surface area contributed by atoms with Crippen molar-refractivity contribution in [3.05, 3.63) is 27.8 Å². The van der Waals surface area contributed by atoms with Crippen molar-refractivity contribution in [3.63, 3.8) is 0 Å². The third-order valence-corrected chi connectivity index (χ3v) is 7.00. The van der Waals surface area contributed by atoms with Crippen LogP contribution in [0.4, 0.5) is 0 Å². The molecule has 0 aromatic heterocycles. The van der Waals surface area contributed by atoms with Gasteiger partial charge in [0.2, 0.25) is 0 Å². The fourth-order valence-corrected chi connectivity index (χ4v) is 5.19. The average molecular weight is 435 g/mol. The van der Waals surface area contributed by atoms with Crippen LogP contribution >= 0.6 is 38.5 Å². The van der Waals surface area contributed by atoms with Gasteiger partial charge in [-0.3, -0.25) is 0 Å². The van der Waals surface area contributed by atoms with Crippen molar-refractivity contribution in [1.82, 2.24) is 0 Å². The lowest BCUT2D eigenvalue weighted by Gasteiger charge is -2.53. The minimum Gasteiger partial charge on any atom is -0.489 e. The maximum absolute atomic E-state index is 6.36. The minimum atomic E-state index is 0.398. The zero-order valence-electron chi connectivity index (χ0n) is 11.1. The van der Waals surface area contributed by atoms with E-state index in [0.717, 1.165) is 12.2 Å². The van der Waals surface area contributed by atoms with Crippen molar-refractivity contribution in [3.8, 4) is 5.75 Å². The monoisotopic (exact) mass is 434 g/mol. The van der Waals surface area contributed by atoms with Crippen LogP contribution in [-0.4, -0.2) is 10.9 Å². The number of ether oxygens (including phenoxy) is 1. The number of para-hydroxylation sites is 1. The zero-order valence-corrected chi connectivity index (χ0v) is 14.8. The molecule has 2 aliphatic carbocycles. The molecular weight excluding hydrogens is 415 g/mol. The quantitative estimate of drug-likeness (QED) is 0.438. The highest BCUT2D eigenvalue weighted by molar-refractivity contribution is 14.1. The minimum absolute atomic E-state index is 0.398. The fourth-order valence-electron chi connectivity index (χ4n) is 3.58. The van der Waals surface area contributed by atoms with E-state index < -0.39 is 0 Å². The van der Waals surface area contributed by atoms with E-state index in [-0.39, 0.29) is 0 Å². The number of hydrogen-bond donors (Lipinski definition) is 0. The van der Waals surface area contributed by atoms with Crippen molar-refractivity contribution in [2.24, 2.45) is 5.41 Å². The van der Waals surface area contributed by atoms with Gasteiger partial charge >= 0.3 is 0 Å². The van der Waals surface area contributed by atoms with Gasteiger partial charge in [0.15, 0.2) is 0 Å². The van der Waals surface area contributed by atoms with Crippen LogP contribution in [0.15, 0.2) is 24.3 Å². The van der Waals surface area contributed by atoms with E-state index in [1.54, 1.807) is 0 Å². The van der Waals surface area contributed by atoms with Crippen molar-refractivity contribution in [2.45, 2.75) is 55.9 Å². The molecule has 3 rings (SSSR count). The van der Waals surface area contributed by atoms with Crippen LogP contribution in [0.1, 0.15) is 44.9 Å². The second-order valence-corrected chi connectivity index (χ2v) is 8.16. The van der Waals surface area contributed by atoms with Gasteiger partial charge in [-0.15, -0.1) is 0 Å². The Balaban J connectivity index is 1.76. The third kappa shape index (κ3) is 2.69. The molecule has 0 bridgehead atoms. The largest absolute Gasteiger partial charge is 0.489 e. The van der Waals surface area contributed by atoms with Gasteiger partial charge in [-0.05, 0) is 54.0 Å². The molecule has 19 heavy (non-hydrogen) atoms. The molecule has 1 spiro atoms. The van der Waals surface area contributed by atoms with Crippen LogP contribution in [-0.2, 0) is 0 Å². The molecule has 0 amide bonds. The van der Waals surface area contributed by atoms with Gasteiger partial charge in [0.1, 0.15) is 11.9 Å². The molecule has 2 saturated carbocycles. The van der Waals surface area contributed by atoms with Gasteiger partial charge < -0.3 is 4.74 Å². The molecule has 2 aliphatic rings. The Morgan fingerprint density at radius 3 is 2.42 bits per heavy atom. The second kappa shape index (κ2) is 5.92. The SMILES string of the molecule is BrC1CC(Oc2ccccc2I)C12CCCCCC2. The summed E-state index contributed by atoms with van der Waals surface area (Å²) < 4.78 is 7.59. The van der Waals surface area contributed by atoms with E-state index in [9.17, 15) is 0 Å². The highest BCUT2D eigenvalue weighted by Gasteiger charge is 2.55. The summed E-state index contributed by atoms with van der Waals surface area (Å²) in [6, 6.07) is 8.37. The number of rotatable bonds is 2. The first-order chi connectivity index (χ1) is 9.22. The molecule has 0 N–H and O–H groups in total. The molecule has 2 unspecified atom stereocenters. The summed E-state index contributed by atoms with van der Waals surface area (Å²) in [4.78, 5) is 0.657. The summed E-state index contributed by atoms with van der Waals surface area (Å²) in [7, 11) is 0. The summed E-state index contributed by atoms with van der Waals surface area (Å²) in [5.74, 6) is 1.07. The first-order valence-electron chi connectivity index (χ1n) is 7.28. The molecule has 0 aliphatic heterocycles. The number of hydrogen-bond acceptors (Lipinski definition) is 1. The van der Waals surface area contributed by atoms with Gasteiger partial charge in [0.05, 0.1) is 3.57 Å². The summed E-state index contributed by atoms with van der Waals surface area (Å²) >= 11 is 6.27.